The van der Waals surface area contributed by atoms with E-state index in [9.17, 15) is 0 Å². The molecule has 0 unspecified atom stereocenters. The molecule has 0 bridgehead atoms. The molecule has 16 heavy (non-hydrogen) atoms. The number of hydrogen-bond donors (Lipinski definition) is 2. The Morgan fingerprint density at radius 2 is 2.06 bits per heavy atom. The van der Waals surface area contributed by atoms with Crippen molar-refractivity contribution in [1.29, 1.82) is 0 Å². The highest BCUT2D eigenvalue weighted by molar-refractivity contribution is 7.71. The van der Waals surface area contributed by atoms with Crippen molar-refractivity contribution >= 4 is 18.2 Å². The van der Waals surface area contributed by atoms with Crippen LogP contribution in [0.15, 0.2) is 30.3 Å². The molecule has 0 radical (unpaired) electrons. The molecule has 0 aliphatic carbocycles. The Balaban J connectivity index is 1.92. The number of nitrogens with zero attached hydrogens (tertiary/aromatic N) is 2. The number of aryl methyl sites for hydroxylation is 1. The number of aromatic nitrogens is 3. The first-order valence-electron chi connectivity index (χ1n) is 5.22. The van der Waals surface area contributed by atoms with Crippen LogP contribution in [0.5, 0.6) is 0 Å². The lowest BCUT2D eigenvalue weighted by atomic mass is 10.1. The van der Waals surface area contributed by atoms with Crippen molar-refractivity contribution < 1.29 is 0 Å². The van der Waals surface area contributed by atoms with Crippen LogP contribution in [0.4, 0.5) is 5.95 Å². The standard InChI is InChI=1S/C11H14N4S/c12-10-13-14-11(16)15(10)8-4-7-9-5-2-1-3-6-9/h1-3,5-6H,4,7-8H2,(H2,12,13)(H,14,16). The first kappa shape index (κ1) is 10.9. The van der Waals surface area contributed by atoms with E-state index in [0.29, 0.717) is 10.7 Å². The zero-order valence-corrected chi connectivity index (χ0v) is 9.70. The maximum Gasteiger partial charge on any atom is 0.220 e. The summed E-state index contributed by atoms with van der Waals surface area (Å²) in [5.41, 5.74) is 7.00. The number of benzene rings is 1. The van der Waals surface area contributed by atoms with Crippen LogP contribution < -0.4 is 5.73 Å². The van der Waals surface area contributed by atoms with Gasteiger partial charge < -0.3 is 5.73 Å². The molecule has 0 amide bonds. The number of H-pyrrole nitrogens is 1. The summed E-state index contributed by atoms with van der Waals surface area (Å²) < 4.78 is 2.41. The minimum atomic E-state index is 0.457. The summed E-state index contributed by atoms with van der Waals surface area (Å²) in [6.07, 6.45) is 2.02. The predicted octanol–water partition coefficient (Wildman–Crippen LogP) is 2.16. The van der Waals surface area contributed by atoms with E-state index in [4.69, 9.17) is 18.0 Å². The maximum atomic E-state index is 5.67. The van der Waals surface area contributed by atoms with Gasteiger partial charge in [-0.05, 0) is 30.6 Å². The molecule has 2 rings (SSSR count). The van der Waals surface area contributed by atoms with Gasteiger partial charge in [0, 0.05) is 6.54 Å². The smallest absolute Gasteiger partial charge is 0.220 e. The third-order valence-corrected chi connectivity index (χ3v) is 2.79. The fourth-order valence-electron chi connectivity index (χ4n) is 1.63. The maximum absolute atomic E-state index is 5.67. The van der Waals surface area contributed by atoms with E-state index in [-0.39, 0.29) is 0 Å². The fourth-order valence-corrected chi connectivity index (χ4v) is 1.86. The van der Waals surface area contributed by atoms with Crippen LogP contribution in [0, 0.1) is 4.77 Å². The van der Waals surface area contributed by atoms with Crippen LogP contribution in [-0.2, 0) is 13.0 Å². The minimum Gasteiger partial charge on any atom is -0.368 e. The zero-order chi connectivity index (χ0) is 11.4. The largest absolute Gasteiger partial charge is 0.368 e. The second-order valence-electron chi connectivity index (χ2n) is 3.63. The lowest BCUT2D eigenvalue weighted by Crippen LogP contribution is -2.04. The zero-order valence-electron chi connectivity index (χ0n) is 8.89. The summed E-state index contributed by atoms with van der Waals surface area (Å²) in [5, 5.41) is 6.54. The van der Waals surface area contributed by atoms with Crippen molar-refractivity contribution in [1.82, 2.24) is 14.8 Å². The number of hydrogen-bond acceptors (Lipinski definition) is 3. The van der Waals surface area contributed by atoms with Gasteiger partial charge in [-0.2, -0.15) is 0 Å². The van der Waals surface area contributed by atoms with Crippen LogP contribution in [0.25, 0.3) is 0 Å². The average molecular weight is 234 g/mol. The van der Waals surface area contributed by atoms with Crippen molar-refractivity contribution in [3.63, 3.8) is 0 Å². The van der Waals surface area contributed by atoms with Crippen molar-refractivity contribution in [2.24, 2.45) is 0 Å². The van der Waals surface area contributed by atoms with Crippen molar-refractivity contribution in [3.05, 3.63) is 40.7 Å². The molecule has 1 aromatic carbocycles. The van der Waals surface area contributed by atoms with Gasteiger partial charge in [-0.1, -0.05) is 30.3 Å². The lowest BCUT2D eigenvalue weighted by molar-refractivity contribution is 0.641. The minimum absolute atomic E-state index is 0.457. The highest BCUT2D eigenvalue weighted by Crippen LogP contribution is 2.06. The molecule has 0 spiro atoms. The topological polar surface area (TPSA) is 59.6 Å². The Hall–Kier alpha value is -1.62. The van der Waals surface area contributed by atoms with Crippen LogP contribution in [0.2, 0.25) is 0 Å². The third kappa shape index (κ3) is 2.49. The molecular formula is C11H14N4S. The molecule has 0 atom stereocenters. The molecule has 0 fully saturated rings. The highest BCUT2D eigenvalue weighted by Gasteiger charge is 2.00. The van der Waals surface area contributed by atoms with Crippen LogP contribution in [0.1, 0.15) is 12.0 Å². The molecule has 5 heteroatoms. The molecule has 3 N–H and O–H groups in total. The molecular weight excluding hydrogens is 220 g/mol. The second-order valence-corrected chi connectivity index (χ2v) is 4.01. The lowest BCUT2D eigenvalue weighted by Gasteiger charge is -2.03. The number of rotatable bonds is 4. The van der Waals surface area contributed by atoms with Gasteiger partial charge in [0.15, 0.2) is 4.77 Å². The van der Waals surface area contributed by atoms with Gasteiger partial charge >= 0.3 is 0 Å². The first-order valence-corrected chi connectivity index (χ1v) is 5.63. The van der Waals surface area contributed by atoms with Gasteiger partial charge in [0.1, 0.15) is 0 Å². The van der Waals surface area contributed by atoms with Gasteiger partial charge in [-0.3, -0.25) is 4.57 Å². The van der Waals surface area contributed by atoms with Gasteiger partial charge in [0.05, 0.1) is 0 Å². The Kier molecular flexibility index (Phi) is 3.36. The van der Waals surface area contributed by atoms with Crippen LogP contribution >= 0.6 is 12.2 Å². The molecule has 0 aliphatic heterocycles. The van der Waals surface area contributed by atoms with Gasteiger partial charge in [-0.25, -0.2) is 5.10 Å². The van der Waals surface area contributed by atoms with E-state index in [2.05, 4.69) is 22.3 Å². The van der Waals surface area contributed by atoms with Crippen molar-refractivity contribution in [3.8, 4) is 0 Å². The van der Waals surface area contributed by atoms with E-state index >= 15 is 0 Å². The van der Waals surface area contributed by atoms with E-state index in [1.807, 2.05) is 22.8 Å². The molecule has 0 saturated heterocycles. The summed E-state index contributed by atoms with van der Waals surface area (Å²) in [6.45, 7) is 0.802. The SMILES string of the molecule is Nc1n[nH]c(=S)n1CCCc1ccccc1. The summed E-state index contributed by atoms with van der Waals surface area (Å²) >= 11 is 5.07. The summed E-state index contributed by atoms with van der Waals surface area (Å²) in [4.78, 5) is 0. The average Bonchev–Trinajstić information content (AvgIpc) is 2.62. The number of nitrogens with two attached hydrogens (primary N) is 1. The van der Waals surface area contributed by atoms with Gasteiger partial charge in [-0.15, -0.1) is 5.10 Å². The van der Waals surface area contributed by atoms with Crippen LogP contribution in [0.3, 0.4) is 0 Å². The van der Waals surface area contributed by atoms with E-state index in [1.54, 1.807) is 0 Å². The molecule has 4 nitrogen and oxygen atoms in total. The van der Waals surface area contributed by atoms with E-state index in [0.717, 1.165) is 19.4 Å². The van der Waals surface area contributed by atoms with E-state index in [1.165, 1.54) is 5.56 Å². The first-order chi connectivity index (χ1) is 7.77. The number of nitrogen functional groups attached to an aromatic ring is 1. The number of nitrogens with one attached hydrogen (secondary N) is 1. The number of aromatic amines is 1. The van der Waals surface area contributed by atoms with Crippen molar-refractivity contribution in [2.45, 2.75) is 19.4 Å². The Labute approximate surface area is 99.1 Å². The molecule has 1 heterocycles. The van der Waals surface area contributed by atoms with Crippen LogP contribution in [-0.4, -0.2) is 14.8 Å². The molecule has 2 aromatic rings. The highest BCUT2D eigenvalue weighted by atomic mass is 32.1. The molecule has 1 aromatic heterocycles. The third-order valence-electron chi connectivity index (χ3n) is 2.48. The van der Waals surface area contributed by atoms with Gasteiger partial charge in [0.25, 0.3) is 0 Å². The number of anilines is 1. The fraction of sp³-hybridized carbons (Fsp3) is 0.273. The molecule has 0 aliphatic rings. The summed E-state index contributed by atoms with van der Waals surface area (Å²) in [6, 6.07) is 10.4. The Morgan fingerprint density at radius 3 is 2.69 bits per heavy atom. The molecule has 84 valence electrons. The quantitative estimate of drug-likeness (QED) is 0.797. The monoisotopic (exact) mass is 234 g/mol. The summed E-state index contributed by atoms with van der Waals surface area (Å²) in [5.74, 6) is 0.457. The second kappa shape index (κ2) is 4.94. The summed E-state index contributed by atoms with van der Waals surface area (Å²) in [7, 11) is 0. The van der Waals surface area contributed by atoms with Crippen molar-refractivity contribution in [2.75, 3.05) is 5.73 Å². The Morgan fingerprint density at radius 1 is 1.31 bits per heavy atom. The molecule has 0 saturated carbocycles. The van der Waals surface area contributed by atoms with E-state index < -0.39 is 0 Å². The van der Waals surface area contributed by atoms with Gasteiger partial charge in [0.2, 0.25) is 5.95 Å². The normalized spacial score (nSPS) is 10.5. The predicted molar refractivity (Wildman–Crippen MR) is 66.6 cm³/mol. The Bertz CT molecular complexity index is 500.